The molecule has 0 fully saturated rings. The molecule has 0 bridgehead atoms. The molecule has 0 aliphatic carbocycles. The number of nitrogens with zero attached hydrogens (tertiary/aromatic N) is 5. The van der Waals surface area contributed by atoms with E-state index in [-0.39, 0.29) is 0 Å². The molecule has 0 unspecified atom stereocenters. The molecule has 7 heteroatoms. The lowest BCUT2D eigenvalue weighted by Crippen LogP contribution is -2.00. The van der Waals surface area contributed by atoms with Gasteiger partial charge >= 0.3 is 0 Å². The molecule has 0 amide bonds. The minimum absolute atomic E-state index is 0.548. The van der Waals surface area contributed by atoms with Crippen molar-refractivity contribution >= 4 is 53.4 Å². The highest BCUT2D eigenvalue weighted by Crippen LogP contribution is 2.43. The number of hydrogen-bond acceptors (Lipinski definition) is 7. The molecule has 6 nitrogen and oxygen atoms in total. The molecule has 13 aromatic rings. The van der Waals surface area contributed by atoms with Gasteiger partial charge in [0, 0.05) is 71.8 Å². The molecule has 5 aromatic heterocycles. The Morgan fingerprint density at radius 1 is 0.353 bits per heavy atom. The lowest BCUT2D eigenvalue weighted by atomic mass is 9.95. The Bertz CT molecular complexity index is 3960. The van der Waals surface area contributed by atoms with Gasteiger partial charge in [-0.25, -0.2) is 15.0 Å². The van der Waals surface area contributed by atoms with Crippen molar-refractivity contribution in [2.45, 2.75) is 0 Å². The molecule has 13 rings (SSSR count). The average Bonchev–Trinajstić information content (AvgIpc) is 4.00. The third kappa shape index (κ3) is 7.10. The maximum Gasteiger partial charge on any atom is 0.167 e. The summed E-state index contributed by atoms with van der Waals surface area (Å²) >= 11 is 1.76. The fourth-order valence-electron chi connectivity index (χ4n) is 9.33. The average molecular weight is 888 g/mol. The van der Waals surface area contributed by atoms with Gasteiger partial charge in [-0.15, -0.1) is 11.3 Å². The molecule has 0 saturated heterocycles. The van der Waals surface area contributed by atoms with E-state index in [1.54, 1.807) is 17.5 Å². The second kappa shape index (κ2) is 16.5. The van der Waals surface area contributed by atoms with Crippen LogP contribution in [0.2, 0.25) is 0 Å². The van der Waals surface area contributed by atoms with E-state index in [9.17, 15) is 0 Å². The SMILES string of the molecule is c1ccc(-c2cccc(-c3ccc4oc5c(-c6nc(-c7ccccc7)nc(-c7cccc8c7sc7cc(-c9cc(-c%10cccnc%10)cc(-c%10ccccn%10)c9)ccc78)n6)cccc5c4c3)c2)cc1. The largest absolute Gasteiger partial charge is 0.455 e. The van der Waals surface area contributed by atoms with Gasteiger partial charge in [-0.1, -0.05) is 133 Å². The fraction of sp³-hybridized carbons (Fsp3) is 0. The molecule has 0 aliphatic rings. The van der Waals surface area contributed by atoms with Crippen molar-refractivity contribution in [2.75, 3.05) is 0 Å². The molecular formula is C61H37N5OS. The van der Waals surface area contributed by atoms with Gasteiger partial charge in [0.05, 0.1) is 11.3 Å². The second-order valence-corrected chi connectivity index (χ2v) is 17.9. The first-order valence-electron chi connectivity index (χ1n) is 22.5. The van der Waals surface area contributed by atoms with Gasteiger partial charge in [0.25, 0.3) is 0 Å². The summed E-state index contributed by atoms with van der Waals surface area (Å²) in [4.78, 5) is 24.8. The summed E-state index contributed by atoms with van der Waals surface area (Å²) in [5.74, 6) is 1.74. The van der Waals surface area contributed by atoms with Crippen molar-refractivity contribution in [3.8, 4) is 89.9 Å². The zero-order valence-corrected chi connectivity index (χ0v) is 37.2. The highest BCUT2D eigenvalue weighted by Gasteiger charge is 2.21. The minimum Gasteiger partial charge on any atom is -0.455 e. The predicted octanol–water partition coefficient (Wildman–Crippen LogP) is 16.3. The predicted molar refractivity (Wildman–Crippen MR) is 279 cm³/mol. The van der Waals surface area contributed by atoms with Crippen LogP contribution in [0.5, 0.6) is 0 Å². The fourth-order valence-corrected chi connectivity index (χ4v) is 10.6. The molecule has 0 spiro atoms. The maximum atomic E-state index is 6.73. The van der Waals surface area contributed by atoms with Crippen LogP contribution in [0, 0.1) is 0 Å². The summed E-state index contributed by atoms with van der Waals surface area (Å²) in [6.07, 6.45) is 5.56. The van der Waals surface area contributed by atoms with E-state index >= 15 is 0 Å². The van der Waals surface area contributed by atoms with Crippen LogP contribution in [0.15, 0.2) is 229 Å². The lowest BCUT2D eigenvalue weighted by Gasteiger charge is -2.11. The van der Waals surface area contributed by atoms with Crippen molar-refractivity contribution in [3.63, 3.8) is 0 Å². The number of aromatic nitrogens is 5. The number of benzene rings is 8. The molecule has 5 heterocycles. The van der Waals surface area contributed by atoms with E-state index in [0.29, 0.717) is 17.5 Å². The summed E-state index contributed by atoms with van der Waals surface area (Å²) < 4.78 is 9.01. The zero-order chi connectivity index (χ0) is 45.0. The molecule has 0 radical (unpaired) electrons. The van der Waals surface area contributed by atoms with Gasteiger partial charge in [-0.3, -0.25) is 9.97 Å². The van der Waals surface area contributed by atoms with Crippen molar-refractivity contribution in [1.29, 1.82) is 0 Å². The van der Waals surface area contributed by atoms with Gasteiger partial charge < -0.3 is 4.42 Å². The zero-order valence-electron chi connectivity index (χ0n) is 36.4. The first-order chi connectivity index (χ1) is 33.7. The Morgan fingerprint density at radius 2 is 0.971 bits per heavy atom. The second-order valence-electron chi connectivity index (χ2n) is 16.9. The molecule has 0 N–H and O–H groups in total. The number of rotatable bonds is 8. The Hall–Kier alpha value is -8.91. The van der Waals surface area contributed by atoms with Crippen molar-refractivity contribution in [1.82, 2.24) is 24.9 Å². The third-order valence-corrected chi connectivity index (χ3v) is 13.9. The monoisotopic (exact) mass is 887 g/mol. The normalized spacial score (nSPS) is 11.5. The Balaban J connectivity index is 0.932. The van der Waals surface area contributed by atoms with E-state index in [4.69, 9.17) is 24.4 Å². The first kappa shape index (κ1) is 39.5. The summed E-state index contributed by atoms with van der Waals surface area (Å²) in [5, 5.41) is 4.37. The van der Waals surface area contributed by atoms with Gasteiger partial charge in [0.1, 0.15) is 11.2 Å². The van der Waals surface area contributed by atoms with Crippen molar-refractivity contribution < 1.29 is 4.42 Å². The summed E-state index contributed by atoms with van der Waals surface area (Å²) in [5.41, 5.74) is 15.2. The number of pyridine rings is 2. The van der Waals surface area contributed by atoms with Crippen LogP contribution < -0.4 is 0 Å². The van der Waals surface area contributed by atoms with Gasteiger partial charge in [0.2, 0.25) is 0 Å². The number of fused-ring (bicyclic) bond motifs is 6. The van der Waals surface area contributed by atoms with E-state index in [2.05, 4.69) is 151 Å². The number of para-hydroxylation sites is 1. The standard InChI is InChI=1S/C61H37N5OS/c1-3-13-38(14-4-1)40-17-9-18-41(31-40)42-26-28-55-53(35-42)49-20-10-22-51(57(49)67-55)60-64-59(39-15-5-2-6-16-39)65-61(66-60)52-23-11-21-50-48-27-25-43(36-56(48)68-58(50)52)45-32-46(44-19-12-29-62-37-44)34-47(33-45)54-24-7-8-30-63-54/h1-37H. The number of thiophene rings is 1. The van der Waals surface area contributed by atoms with E-state index < -0.39 is 0 Å². The highest BCUT2D eigenvalue weighted by atomic mass is 32.1. The minimum atomic E-state index is 0.548. The highest BCUT2D eigenvalue weighted by molar-refractivity contribution is 7.26. The summed E-state index contributed by atoms with van der Waals surface area (Å²) in [7, 11) is 0. The van der Waals surface area contributed by atoms with Crippen molar-refractivity contribution in [2.24, 2.45) is 0 Å². The Labute approximate surface area is 395 Å². The molecule has 68 heavy (non-hydrogen) atoms. The number of hydrogen-bond donors (Lipinski definition) is 0. The van der Waals surface area contributed by atoms with Gasteiger partial charge in [-0.05, 0) is 112 Å². The smallest absolute Gasteiger partial charge is 0.167 e. The maximum absolute atomic E-state index is 6.73. The number of furan rings is 1. The van der Waals surface area contributed by atoms with Crippen molar-refractivity contribution in [3.05, 3.63) is 225 Å². The molecule has 0 aliphatic heterocycles. The van der Waals surface area contributed by atoms with Crippen LogP contribution in [-0.2, 0) is 0 Å². The van der Waals surface area contributed by atoms with Crippen LogP contribution in [-0.4, -0.2) is 24.9 Å². The van der Waals surface area contributed by atoms with Crippen LogP contribution in [0.25, 0.3) is 132 Å². The van der Waals surface area contributed by atoms with Crippen LogP contribution in [0.1, 0.15) is 0 Å². The molecule has 8 aromatic carbocycles. The van der Waals surface area contributed by atoms with E-state index in [1.807, 2.05) is 73.1 Å². The van der Waals surface area contributed by atoms with Gasteiger partial charge in [0.15, 0.2) is 17.5 Å². The van der Waals surface area contributed by atoms with E-state index in [1.165, 1.54) is 21.2 Å². The quantitative estimate of drug-likeness (QED) is 0.151. The van der Waals surface area contributed by atoms with E-state index in [0.717, 1.165) is 93.4 Å². The van der Waals surface area contributed by atoms with Crippen LogP contribution in [0.4, 0.5) is 0 Å². The third-order valence-electron chi connectivity index (χ3n) is 12.7. The van der Waals surface area contributed by atoms with Crippen LogP contribution >= 0.6 is 11.3 Å². The Kier molecular flexibility index (Phi) is 9.58. The topological polar surface area (TPSA) is 77.6 Å². The lowest BCUT2D eigenvalue weighted by molar-refractivity contribution is 0.669. The molecule has 0 atom stereocenters. The summed E-state index contributed by atoms with van der Waals surface area (Å²) in [6, 6.07) is 71.9. The molecular weight excluding hydrogens is 851 g/mol. The first-order valence-corrected chi connectivity index (χ1v) is 23.3. The van der Waals surface area contributed by atoms with Gasteiger partial charge in [-0.2, -0.15) is 0 Å². The van der Waals surface area contributed by atoms with Crippen LogP contribution in [0.3, 0.4) is 0 Å². The summed E-state index contributed by atoms with van der Waals surface area (Å²) in [6.45, 7) is 0. The molecule has 318 valence electrons. The Morgan fingerprint density at radius 3 is 1.76 bits per heavy atom. The molecule has 0 saturated carbocycles.